The summed E-state index contributed by atoms with van der Waals surface area (Å²) in [5, 5.41) is 7.14. The number of nitrogens with one attached hydrogen (secondary N) is 1. The fourth-order valence-electron chi connectivity index (χ4n) is 0.850. The number of hydrogen-bond donors (Lipinski definition) is 6. The van der Waals surface area contributed by atoms with Crippen LogP contribution < -0.4 is 28.7 Å². The summed E-state index contributed by atoms with van der Waals surface area (Å²) in [5.74, 6) is -0.524. The molecule has 0 spiro atoms. The zero-order valence-corrected chi connectivity index (χ0v) is 6.87. The van der Waals surface area contributed by atoms with Gasteiger partial charge in [0.05, 0.1) is 5.70 Å². The van der Waals surface area contributed by atoms with Crippen molar-refractivity contribution < 1.29 is 4.74 Å². The van der Waals surface area contributed by atoms with E-state index in [0.717, 1.165) is 0 Å². The van der Waals surface area contributed by atoms with Gasteiger partial charge in [-0.1, -0.05) is 0 Å². The molecule has 7 heteroatoms. The van der Waals surface area contributed by atoms with Gasteiger partial charge in [0.1, 0.15) is 5.70 Å². The third-order valence-corrected chi connectivity index (χ3v) is 1.65. The van der Waals surface area contributed by atoms with Crippen LogP contribution in [0.1, 0.15) is 0 Å². The third kappa shape index (κ3) is 1.36. The topological polar surface area (TPSA) is 163 Å². The van der Waals surface area contributed by atoms with Crippen molar-refractivity contribution in [2.45, 2.75) is 5.72 Å². The molecule has 0 radical (unpaired) electrons. The molecule has 1 rings (SSSR count). The lowest BCUT2D eigenvalue weighted by Gasteiger charge is -2.30. The normalized spacial score (nSPS) is 27.9. The van der Waals surface area contributed by atoms with Crippen LogP contribution in [0.4, 0.5) is 0 Å². The van der Waals surface area contributed by atoms with Crippen LogP contribution in [0, 0.1) is 5.41 Å². The second-order valence-electron chi connectivity index (χ2n) is 2.69. The first kappa shape index (κ1) is 9.20. The summed E-state index contributed by atoms with van der Waals surface area (Å²) < 4.78 is 4.92. The Morgan fingerprint density at radius 3 is 2.31 bits per heavy atom. The second kappa shape index (κ2) is 2.56. The molecule has 0 saturated heterocycles. The second-order valence-corrected chi connectivity index (χ2v) is 2.69. The summed E-state index contributed by atoms with van der Waals surface area (Å²) in [6.07, 6.45) is 1.24. The first-order valence-electron chi connectivity index (χ1n) is 3.43. The lowest BCUT2D eigenvalue weighted by molar-refractivity contribution is 0.0980. The standard InChI is InChI=1S/C6H12N6O/c7-2-1-6(12,5(10)11)13-4(9)3(2)8/h1H,7-9,12H2,(H3,10,11). The summed E-state index contributed by atoms with van der Waals surface area (Å²) in [5.41, 5.74) is 25.6. The average molecular weight is 184 g/mol. The van der Waals surface area contributed by atoms with Crippen molar-refractivity contribution >= 4 is 5.84 Å². The van der Waals surface area contributed by atoms with Crippen LogP contribution in [0.3, 0.4) is 0 Å². The van der Waals surface area contributed by atoms with E-state index in [1.54, 1.807) is 0 Å². The summed E-state index contributed by atoms with van der Waals surface area (Å²) in [6.45, 7) is 0. The first-order valence-corrected chi connectivity index (χ1v) is 3.43. The molecule has 0 saturated carbocycles. The van der Waals surface area contributed by atoms with Gasteiger partial charge in [0.25, 0.3) is 0 Å². The van der Waals surface area contributed by atoms with Crippen LogP contribution in [0.25, 0.3) is 0 Å². The van der Waals surface area contributed by atoms with Crippen molar-refractivity contribution in [2.24, 2.45) is 28.7 Å². The molecule has 11 N–H and O–H groups in total. The summed E-state index contributed by atoms with van der Waals surface area (Å²) in [6, 6.07) is 0. The van der Waals surface area contributed by atoms with Gasteiger partial charge in [0, 0.05) is 6.08 Å². The predicted molar refractivity (Wildman–Crippen MR) is 47.6 cm³/mol. The van der Waals surface area contributed by atoms with Crippen LogP contribution in [0.5, 0.6) is 0 Å². The van der Waals surface area contributed by atoms with Crippen molar-refractivity contribution in [3.8, 4) is 0 Å². The molecule has 0 aromatic carbocycles. The lowest BCUT2D eigenvalue weighted by atomic mass is 10.1. The molecule has 72 valence electrons. The van der Waals surface area contributed by atoms with Crippen molar-refractivity contribution in [3.63, 3.8) is 0 Å². The van der Waals surface area contributed by atoms with E-state index in [1.807, 2.05) is 0 Å². The third-order valence-electron chi connectivity index (χ3n) is 1.65. The Balaban J connectivity index is 3.11. The molecule has 1 heterocycles. The van der Waals surface area contributed by atoms with Crippen molar-refractivity contribution in [1.29, 1.82) is 5.41 Å². The average Bonchev–Trinajstić information content (AvgIpc) is 2.00. The minimum atomic E-state index is -1.59. The minimum Gasteiger partial charge on any atom is -0.445 e. The summed E-state index contributed by atoms with van der Waals surface area (Å²) in [7, 11) is 0. The molecular weight excluding hydrogens is 172 g/mol. The van der Waals surface area contributed by atoms with E-state index < -0.39 is 11.6 Å². The maximum Gasteiger partial charge on any atom is 0.239 e. The Labute approximate surface area is 74.7 Å². The predicted octanol–water partition coefficient (Wildman–Crippen LogP) is -2.46. The highest BCUT2D eigenvalue weighted by molar-refractivity contribution is 5.88. The van der Waals surface area contributed by atoms with Crippen LogP contribution in [0.2, 0.25) is 0 Å². The Hall–Kier alpha value is -1.89. The van der Waals surface area contributed by atoms with E-state index in [4.69, 9.17) is 38.8 Å². The number of hydrogen-bond acceptors (Lipinski definition) is 6. The molecule has 1 aliphatic rings. The fraction of sp³-hybridized carbons (Fsp3) is 0.167. The van der Waals surface area contributed by atoms with Gasteiger partial charge >= 0.3 is 0 Å². The summed E-state index contributed by atoms with van der Waals surface area (Å²) >= 11 is 0. The van der Waals surface area contributed by atoms with Crippen LogP contribution >= 0.6 is 0 Å². The molecule has 0 amide bonds. The number of amidine groups is 1. The van der Waals surface area contributed by atoms with Crippen molar-refractivity contribution in [2.75, 3.05) is 0 Å². The molecule has 1 unspecified atom stereocenters. The molecular formula is C6H12N6O. The lowest BCUT2D eigenvalue weighted by Crippen LogP contribution is -2.55. The maximum atomic E-state index is 7.14. The van der Waals surface area contributed by atoms with Crippen molar-refractivity contribution in [3.05, 3.63) is 23.4 Å². The minimum absolute atomic E-state index is 0.0994. The van der Waals surface area contributed by atoms with Gasteiger partial charge < -0.3 is 27.7 Å². The monoisotopic (exact) mass is 184 g/mol. The molecule has 1 atom stereocenters. The van der Waals surface area contributed by atoms with Gasteiger partial charge in [-0.15, -0.1) is 0 Å². The van der Waals surface area contributed by atoms with Crippen molar-refractivity contribution in [1.82, 2.24) is 0 Å². The van der Waals surface area contributed by atoms with Gasteiger partial charge in [-0.05, 0) is 0 Å². The number of nitrogens with two attached hydrogens (primary N) is 5. The largest absolute Gasteiger partial charge is 0.445 e. The van der Waals surface area contributed by atoms with E-state index >= 15 is 0 Å². The number of ether oxygens (including phenoxy) is 1. The zero-order valence-electron chi connectivity index (χ0n) is 6.87. The maximum absolute atomic E-state index is 7.14. The molecule has 13 heavy (non-hydrogen) atoms. The van der Waals surface area contributed by atoms with E-state index in [-0.39, 0.29) is 17.3 Å². The highest BCUT2D eigenvalue weighted by Gasteiger charge is 2.34. The molecule has 0 aromatic rings. The molecule has 1 aliphatic heterocycles. The molecule has 0 bridgehead atoms. The van der Waals surface area contributed by atoms with E-state index in [9.17, 15) is 0 Å². The van der Waals surface area contributed by atoms with Gasteiger partial charge in [0.15, 0.2) is 5.84 Å². The van der Waals surface area contributed by atoms with Crippen LogP contribution in [0.15, 0.2) is 23.4 Å². The Kier molecular flexibility index (Phi) is 1.81. The van der Waals surface area contributed by atoms with E-state index in [0.29, 0.717) is 0 Å². The zero-order chi connectivity index (χ0) is 10.2. The fourth-order valence-corrected chi connectivity index (χ4v) is 0.850. The Morgan fingerprint density at radius 1 is 1.38 bits per heavy atom. The molecule has 7 nitrogen and oxygen atoms in total. The quantitative estimate of drug-likeness (QED) is 0.195. The van der Waals surface area contributed by atoms with Gasteiger partial charge in [-0.3, -0.25) is 11.1 Å². The van der Waals surface area contributed by atoms with Gasteiger partial charge in [-0.25, -0.2) is 0 Å². The SMILES string of the molecule is N=C(N)C1(N)C=C(N)C(N)=C(N)O1. The smallest absolute Gasteiger partial charge is 0.239 e. The summed E-state index contributed by atoms with van der Waals surface area (Å²) in [4.78, 5) is 0. The van der Waals surface area contributed by atoms with E-state index in [2.05, 4.69) is 0 Å². The molecule has 0 aromatic heterocycles. The van der Waals surface area contributed by atoms with Gasteiger partial charge in [0.2, 0.25) is 11.6 Å². The highest BCUT2D eigenvalue weighted by atomic mass is 16.5. The Morgan fingerprint density at radius 2 is 1.92 bits per heavy atom. The highest BCUT2D eigenvalue weighted by Crippen LogP contribution is 2.19. The molecule has 0 fully saturated rings. The van der Waals surface area contributed by atoms with E-state index in [1.165, 1.54) is 6.08 Å². The Bertz CT molecular complexity index is 319. The van der Waals surface area contributed by atoms with Crippen LogP contribution in [-0.2, 0) is 4.74 Å². The van der Waals surface area contributed by atoms with Crippen LogP contribution in [-0.4, -0.2) is 11.6 Å². The first-order chi connectivity index (χ1) is 5.87. The van der Waals surface area contributed by atoms with Gasteiger partial charge in [-0.2, -0.15) is 0 Å². The number of rotatable bonds is 1. The molecule has 0 aliphatic carbocycles.